The largest absolute Gasteiger partial charge is 0.494 e. The number of esters is 1. The summed E-state index contributed by atoms with van der Waals surface area (Å²) in [4.78, 5) is 35.4. The van der Waals surface area contributed by atoms with Crippen molar-refractivity contribution in [2.75, 3.05) is 20.3 Å². The van der Waals surface area contributed by atoms with Crippen LogP contribution >= 0.6 is 0 Å². The molecule has 0 spiro atoms. The molecule has 1 amide bonds. The quantitative estimate of drug-likeness (QED) is 0.429. The number of rotatable bonds is 7. The third-order valence-electron chi connectivity index (χ3n) is 3.71. The molecule has 0 bridgehead atoms. The first-order valence-corrected chi connectivity index (χ1v) is 8.09. The maximum absolute atomic E-state index is 13.6. The highest BCUT2D eigenvalue weighted by molar-refractivity contribution is 5.99. The number of methoxy groups -OCH3 is 1. The highest BCUT2D eigenvalue weighted by Crippen LogP contribution is 2.29. The predicted octanol–water partition coefficient (Wildman–Crippen LogP) is 3.01. The Morgan fingerprint density at radius 2 is 1.62 bits per heavy atom. The summed E-state index contributed by atoms with van der Waals surface area (Å²) in [6, 6.07) is 6.87. The van der Waals surface area contributed by atoms with E-state index in [0.717, 1.165) is 30.3 Å². The number of benzene rings is 2. The van der Waals surface area contributed by atoms with E-state index in [-0.39, 0.29) is 16.9 Å². The van der Waals surface area contributed by atoms with E-state index in [2.05, 4.69) is 5.32 Å². The van der Waals surface area contributed by atoms with E-state index < -0.39 is 48.4 Å². The number of nitrogens with one attached hydrogen (secondary N) is 1. The van der Waals surface area contributed by atoms with Crippen LogP contribution in [0.5, 0.6) is 5.75 Å². The van der Waals surface area contributed by atoms with Crippen LogP contribution in [0.2, 0.25) is 0 Å². The lowest BCUT2D eigenvalue weighted by Gasteiger charge is -2.09. The number of carbonyl (C=O) groups excluding carboxylic acids is 3. The normalized spacial score (nSPS) is 10.9. The third-order valence-corrected chi connectivity index (χ3v) is 3.71. The fraction of sp³-hybridized carbons (Fsp3) is 0.211. The summed E-state index contributed by atoms with van der Waals surface area (Å²) in [7, 11) is 1.26. The van der Waals surface area contributed by atoms with Crippen molar-refractivity contribution in [3.05, 3.63) is 65.0 Å². The Morgan fingerprint density at radius 1 is 1.00 bits per heavy atom. The highest BCUT2D eigenvalue weighted by Gasteiger charge is 2.30. The Balaban J connectivity index is 1.82. The summed E-state index contributed by atoms with van der Waals surface area (Å²) in [5.74, 6) is -3.22. The Hall–Kier alpha value is -3.43. The summed E-state index contributed by atoms with van der Waals surface area (Å²) in [6.07, 6.45) is -4.53. The fourth-order valence-corrected chi connectivity index (χ4v) is 2.19. The predicted molar refractivity (Wildman–Crippen MR) is 92.0 cm³/mol. The number of hydrogen-bond acceptors (Lipinski definition) is 5. The van der Waals surface area contributed by atoms with Crippen LogP contribution in [-0.4, -0.2) is 37.9 Å². The maximum atomic E-state index is 13.6. The Kier molecular flexibility index (Phi) is 6.92. The topological polar surface area (TPSA) is 81.7 Å². The molecule has 0 aliphatic rings. The zero-order chi connectivity index (χ0) is 21.6. The molecule has 2 aromatic rings. The molecule has 0 aliphatic carbocycles. The Labute approximate surface area is 162 Å². The van der Waals surface area contributed by atoms with Gasteiger partial charge in [-0.25, -0.2) is 4.39 Å². The summed E-state index contributed by atoms with van der Waals surface area (Å²) in [6.45, 7) is -1.29. The Morgan fingerprint density at radius 3 is 2.17 bits per heavy atom. The van der Waals surface area contributed by atoms with Crippen LogP contribution in [0.4, 0.5) is 17.6 Å². The first-order chi connectivity index (χ1) is 13.6. The molecule has 2 aromatic carbocycles. The molecule has 0 aliphatic heterocycles. The van der Waals surface area contributed by atoms with Crippen molar-refractivity contribution >= 4 is 17.7 Å². The number of amides is 1. The van der Waals surface area contributed by atoms with Crippen molar-refractivity contribution in [2.24, 2.45) is 0 Å². The molecular weight excluding hydrogens is 398 g/mol. The van der Waals surface area contributed by atoms with Crippen molar-refractivity contribution in [3.8, 4) is 5.75 Å². The van der Waals surface area contributed by atoms with Crippen LogP contribution in [-0.2, 0) is 15.7 Å². The van der Waals surface area contributed by atoms with Gasteiger partial charge in [0.05, 0.1) is 12.7 Å². The van der Waals surface area contributed by atoms with Gasteiger partial charge in [0.1, 0.15) is 6.54 Å². The van der Waals surface area contributed by atoms with E-state index in [9.17, 15) is 31.9 Å². The van der Waals surface area contributed by atoms with Crippen molar-refractivity contribution in [2.45, 2.75) is 6.18 Å². The van der Waals surface area contributed by atoms with Gasteiger partial charge >= 0.3 is 12.1 Å². The molecule has 154 valence electrons. The average Bonchev–Trinajstić information content (AvgIpc) is 2.69. The molecular formula is C19H15F4NO5. The number of hydrogen-bond donors (Lipinski definition) is 1. The van der Waals surface area contributed by atoms with Gasteiger partial charge in [-0.15, -0.1) is 0 Å². The molecule has 0 aromatic heterocycles. The zero-order valence-corrected chi connectivity index (χ0v) is 15.0. The van der Waals surface area contributed by atoms with Crippen molar-refractivity contribution < 1.29 is 41.4 Å². The lowest BCUT2D eigenvalue weighted by Crippen LogP contribution is -2.31. The van der Waals surface area contributed by atoms with E-state index in [1.165, 1.54) is 19.2 Å². The molecule has 29 heavy (non-hydrogen) atoms. The van der Waals surface area contributed by atoms with Gasteiger partial charge in [0.15, 0.2) is 24.0 Å². The molecule has 0 saturated heterocycles. The van der Waals surface area contributed by atoms with Crippen LogP contribution in [0.25, 0.3) is 0 Å². The van der Waals surface area contributed by atoms with Crippen LogP contribution < -0.4 is 10.1 Å². The molecule has 6 nitrogen and oxygen atoms in total. The van der Waals surface area contributed by atoms with Gasteiger partial charge in [0.2, 0.25) is 0 Å². The minimum atomic E-state index is -4.53. The summed E-state index contributed by atoms with van der Waals surface area (Å²) < 4.78 is 60.5. The molecule has 0 atom stereocenters. The lowest BCUT2D eigenvalue weighted by atomic mass is 10.1. The molecule has 10 heteroatoms. The van der Waals surface area contributed by atoms with E-state index in [0.29, 0.717) is 0 Å². The Bertz CT molecular complexity index is 910. The molecule has 2 rings (SSSR count). The first-order valence-electron chi connectivity index (χ1n) is 8.09. The highest BCUT2D eigenvalue weighted by atomic mass is 19.4. The smallest absolute Gasteiger partial charge is 0.416 e. The van der Waals surface area contributed by atoms with Gasteiger partial charge in [-0.2, -0.15) is 13.2 Å². The van der Waals surface area contributed by atoms with E-state index in [4.69, 9.17) is 9.47 Å². The minimum absolute atomic E-state index is 0.0371. The standard InChI is InChI=1S/C19H15F4NO5/c1-28-16-7-4-12(8-14(16)20)15(25)10-29-17(26)9-24-18(27)11-2-5-13(6-3-11)19(21,22)23/h2-8H,9-10H2,1H3,(H,24,27). The van der Waals surface area contributed by atoms with Gasteiger partial charge in [0.25, 0.3) is 5.91 Å². The lowest BCUT2D eigenvalue weighted by molar-refractivity contribution is -0.141. The van der Waals surface area contributed by atoms with E-state index in [1.54, 1.807) is 0 Å². The number of halogens is 4. The van der Waals surface area contributed by atoms with Gasteiger partial charge in [-0.1, -0.05) is 0 Å². The van der Waals surface area contributed by atoms with Crippen LogP contribution in [0.3, 0.4) is 0 Å². The van der Waals surface area contributed by atoms with Crippen LogP contribution in [0.1, 0.15) is 26.3 Å². The number of Topliss-reactive ketones (excluding diaryl/α,β-unsaturated/α-hetero) is 1. The summed E-state index contributed by atoms with van der Waals surface area (Å²) >= 11 is 0. The molecule has 0 saturated carbocycles. The maximum Gasteiger partial charge on any atom is 0.416 e. The first kappa shape index (κ1) is 21.9. The summed E-state index contributed by atoms with van der Waals surface area (Å²) in [5.41, 5.74) is -1.04. The monoisotopic (exact) mass is 413 g/mol. The van der Waals surface area contributed by atoms with E-state index in [1.807, 2.05) is 0 Å². The fourth-order valence-electron chi connectivity index (χ4n) is 2.19. The molecule has 1 N–H and O–H groups in total. The molecule has 0 unspecified atom stereocenters. The van der Waals surface area contributed by atoms with Crippen LogP contribution in [0.15, 0.2) is 42.5 Å². The number of carbonyl (C=O) groups is 3. The number of ketones is 1. The second kappa shape index (κ2) is 9.18. The van der Waals surface area contributed by atoms with Gasteiger partial charge in [0, 0.05) is 11.1 Å². The second-order valence-electron chi connectivity index (χ2n) is 5.69. The van der Waals surface area contributed by atoms with Crippen molar-refractivity contribution in [1.82, 2.24) is 5.32 Å². The number of alkyl halides is 3. The molecule has 0 radical (unpaired) electrons. The van der Waals surface area contributed by atoms with E-state index >= 15 is 0 Å². The van der Waals surface area contributed by atoms with Gasteiger partial charge < -0.3 is 14.8 Å². The van der Waals surface area contributed by atoms with Crippen molar-refractivity contribution in [1.29, 1.82) is 0 Å². The minimum Gasteiger partial charge on any atom is -0.494 e. The third kappa shape index (κ3) is 6.03. The van der Waals surface area contributed by atoms with Gasteiger partial charge in [-0.3, -0.25) is 14.4 Å². The van der Waals surface area contributed by atoms with Crippen LogP contribution in [0, 0.1) is 5.82 Å². The SMILES string of the molecule is COc1ccc(C(=O)COC(=O)CNC(=O)c2ccc(C(F)(F)F)cc2)cc1F. The molecule has 0 fully saturated rings. The van der Waals surface area contributed by atoms with Crippen molar-refractivity contribution in [3.63, 3.8) is 0 Å². The number of ether oxygens (including phenoxy) is 2. The summed E-state index contributed by atoms with van der Waals surface area (Å²) in [5, 5.41) is 2.16. The molecule has 0 heterocycles. The zero-order valence-electron chi connectivity index (χ0n) is 15.0. The second-order valence-corrected chi connectivity index (χ2v) is 5.69. The van der Waals surface area contributed by atoms with Gasteiger partial charge in [-0.05, 0) is 42.5 Å². The average molecular weight is 413 g/mol.